The Kier molecular flexibility index (Phi) is 4.96. The first-order valence-electron chi connectivity index (χ1n) is 9.15. The fraction of sp³-hybridized carbons (Fsp3) is 0.429. The van der Waals surface area contributed by atoms with Crippen molar-refractivity contribution in [2.24, 2.45) is 0 Å². The van der Waals surface area contributed by atoms with Gasteiger partial charge >= 0.3 is 0 Å². The van der Waals surface area contributed by atoms with Crippen LogP contribution in [0.15, 0.2) is 48.5 Å². The van der Waals surface area contributed by atoms with E-state index in [1.807, 2.05) is 48.5 Å². The average Bonchev–Trinajstić information content (AvgIpc) is 2.66. The number of nitrogens with zero attached hydrogens (tertiary/aromatic N) is 1. The second kappa shape index (κ2) is 7.37. The molecule has 0 aromatic heterocycles. The highest BCUT2D eigenvalue weighted by Gasteiger charge is 2.33. The first-order valence-corrected chi connectivity index (χ1v) is 9.53. The van der Waals surface area contributed by atoms with E-state index >= 15 is 0 Å². The Balaban J connectivity index is 1.29. The summed E-state index contributed by atoms with van der Waals surface area (Å²) in [6.07, 6.45) is 2.05. The normalized spacial score (nSPS) is 22.0. The van der Waals surface area contributed by atoms with Gasteiger partial charge in [0.15, 0.2) is 11.5 Å². The van der Waals surface area contributed by atoms with E-state index in [4.69, 9.17) is 25.8 Å². The number of fused-ring (bicyclic) bond motifs is 1. The number of piperidine rings is 1. The van der Waals surface area contributed by atoms with E-state index in [9.17, 15) is 0 Å². The summed E-state index contributed by atoms with van der Waals surface area (Å²) < 4.78 is 18.1. The number of benzene rings is 2. The minimum atomic E-state index is -0.138. The molecule has 0 radical (unpaired) electrons. The van der Waals surface area contributed by atoms with Gasteiger partial charge in [-0.15, -0.1) is 0 Å². The van der Waals surface area contributed by atoms with Crippen molar-refractivity contribution in [3.05, 3.63) is 53.6 Å². The zero-order chi connectivity index (χ0) is 18.0. The molecule has 1 fully saturated rings. The fourth-order valence-corrected chi connectivity index (χ4v) is 3.66. The lowest BCUT2D eigenvalue weighted by molar-refractivity contribution is -0.00437. The summed E-state index contributed by atoms with van der Waals surface area (Å²) in [6.45, 7) is 5.66. The van der Waals surface area contributed by atoms with Gasteiger partial charge < -0.3 is 14.2 Å². The van der Waals surface area contributed by atoms with Crippen LogP contribution in [0.5, 0.6) is 17.2 Å². The highest BCUT2D eigenvalue weighted by Crippen LogP contribution is 2.32. The molecule has 5 heteroatoms. The number of likely N-dealkylation sites (tertiary alicyclic amines) is 1. The van der Waals surface area contributed by atoms with Crippen LogP contribution in [0.25, 0.3) is 0 Å². The van der Waals surface area contributed by atoms with Gasteiger partial charge in [-0.3, -0.25) is 4.90 Å². The van der Waals surface area contributed by atoms with Crippen LogP contribution >= 0.6 is 11.6 Å². The van der Waals surface area contributed by atoms with E-state index in [1.165, 1.54) is 0 Å². The maximum atomic E-state index is 6.24. The molecule has 1 atom stereocenters. The average molecular weight is 374 g/mol. The molecular weight excluding hydrogens is 350 g/mol. The number of hydrogen-bond donors (Lipinski definition) is 0. The Hall–Kier alpha value is -1.91. The van der Waals surface area contributed by atoms with E-state index < -0.39 is 0 Å². The quantitative estimate of drug-likeness (QED) is 0.794. The standard InChI is InChI=1S/C21H24ClNO3/c1-21(26-17-8-6-16(22)7-9-17)10-12-23(13-11-21)14-18-15-24-19-4-2-3-5-20(19)25-18/h2-9,18H,10-15H2,1H3. The number of halogens is 1. The number of hydrogen-bond acceptors (Lipinski definition) is 4. The highest BCUT2D eigenvalue weighted by molar-refractivity contribution is 6.30. The predicted octanol–water partition coefficient (Wildman–Crippen LogP) is 4.41. The summed E-state index contributed by atoms with van der Waals surface area (Å²) in [4.78, 5) is 2.44. The lowest BCUT2D eigenvalue weighted by Gasteiger charge is -2.41. The molecule has 1 saturated heterocycles. The van der Waals surface area contributed by atoms with Crippen LogP contribution in [0, 0.1) is 0 Å². The number of para-hydroxylation sites is 2. The molecular formula is C21H24ClNO3. The third-order valence-corrected chi connectivity index (χ3v) is 5.37. The molecule has 2 aromatic carbocycles. The Morgan fingerprint density at radius 2 is 1.77 bits per heavy atom. The Labute approximate surface area is 159 Å². The van der Waals surface area contributed by atoms with Crippen LogP contribution in [0.1, 0.15) is 19.8 Å². The molecule has 4 nitrogen and oxygen atoms in total. The van der Waals surface area contributed by atoms with E-state index in [-0.39, 0.29) is 11.7 Å². The van der Waals surface area contributed by atoms with E-state index in [0.717, 1.165) is 54.7 Å². The molecule has 0 saturated carbocycles. The molecule has 26 heavy (non-hydrogen) atoms. The first kappa shape index (κ1) is 17.5. The summed E-state index contributed by atoms with van der Waals surface area (Å²) in [5.74, 6) is 2.56. The summed E-state index contributed by atoms with van der Waals surface area (Å²) >= 11 is 5.95. The molecule has 0 N–H and O–H groups in total. The van der Waals surface area contributed by atoms with Crippen molar-refractivity contribution in [3.8, 4) is 17.2 Å². The van der Waals surface area contributed by atoms with Gasteiger partial charge in [-0.25, -0.2) is 0 Å². The van der Waals surface area contributed by atoms with Gasteiger partial charge in [-0.05, 0) is 56.2 Å². The molecule has 2 heterocycles. The zero-order valence-corrected chi connectivity index (χ0v) is 15.7. The van der Waals surface area contributed by atoms with Gasteiger partial charge in [-0.2, -0.15) is 0 Å². The maximum absolute atomic E-state index is 6.24. The number of ether oxygens (including phenoxy) is 3. The van der Waals surface area contributed by atoms with Gasteiger partial charge in [0, 0.05) is 24.7 Å². The molecule has 0 amide bonds. The van der Waals surface area contributed by atoms with Crippen molar-refractivity contribution in [1.29, 1.82) is 0 Å². The molecule has 2 aliphatic heterocycles. The van der Waals surface area contributed by atoms with Crippen molar-refractivity contribution in [1.82, 2.24) is 4.90 Å². The predicted molar refractivity (Wildman–Crippen MR) is 103 cm³/mol. The van der Waals surface area contributed by atoms with Gasteiger partial charge in [0.1, 0.15) is 24.1 Å². The van der Waals surface area contributed by atoms with Gasteiger partial charge in [0.25, 0.3) is 0 Å². The molecule has 4 rings (SSSR count). The third kappa shape index (κ3) is 4.08. The lowest BCUT2D eigenvalue weighted by atomic mass is 9.93. The Morgan fingerprint density at radius 1 is 1.08 bits per heavy atom. The van der Waals surface area contributed by atoms with Crippen LogP contribution in [0.4, 0.5) is 0 Å². The zero-order valence-electron chi connectivity index (χ0n) is 15.0. The van der Waals surface area contributed by atoms with Gasteiger partial charge in [-0.1, -0.05) is 23.7 Å². The van der Waals surface area contributed by atoms with Crippen LogP contribution in [0.3, 0.4) is 0 Å². The molecule has 0 spiro atoms. The monoisotopic (exact) mass is 373 g/mol. The lowest BCUT2D eigenvalue weighted by Crippen LogP contribution is -2.49. The van der Waals surface area contributed by atoms with Gasteiger partial charge in [0.2, 0.25) is 0 Å². The molecule has 0 bridgehead atoms. The summed E-state index contributed by atoms with van der Waals surface area (Å²) in [5.41, 5.74) is -0.138. The minimum absolute atomic E-state index is 0.0754. The van der Waals surface area contributed by atoms with Crippen molar-refractivity contribution in [2.75, 3.05) is 26.2 Å². The van der Waals surface area contributed by atoms with Crippen molar-refractivity contribution < 1.29 is 14.2 Å². The van der Waals surface area contributed by atoms with Crippen LogP contribution < -0.4 is 14.2 Å². The van der Waals surface area contributed by atoms with Crippen LogP contribution in [-0.4, -0.2) is 42.8 Å². The summed E-state index contributed by atoms with van der Waals surface area (Å²) in [7, 11) is 0. The topological polar surface area (TPSA) is 30.9 Å². The third-order valence-electron chi connectivity index (χ3n) is 5.12. The SMILES string of the molecule is CC1(Oc2ccc(Cl)cc2)CCN(CC2COc3ccccc3O2)CC1. The molecule has 2 aromatic rings. The second-order valence-electron chi connectivity index (χ2n) is 7.30. The maximum Gasteiger partial charge on any atom is 0.161 e. The summed E-state index contributed by atoms with van der Waals surface area (Å²) in [6, 6.07) is 15.5. The fourth-order valence-electron chi connectivity index (χ4n) is 3.54. The Morgan fingerprint density at radius 3 is 2.50 bits per heavy atom. The largest absolute Gasteiger partial charge is 0.487 e. The molecule has 1 unspecified atom stereocenters. The molecule has 138 valence electrons. The van der Waals surface area contributed by atoms with E-state index in [2.05, 4.69) is 11.8 Å². The van der Waals surface area contributed by atoms with Crippen molar-refractivity contribution in [3.63, 3.8) is 0 Å². The van der Waals surface area contributed by atoms with Crippen molar-refractivity contribution in [2.45, 2.75) is 31.5 Å². The van der Waals surface area contributed by atoms with Crippen molar-refractivity contribution >= 4 is 11.6 Å². The molecule has 0 aliphatic carbocycles. The smallest absolute Gasteiger partial charge is 0.161 e. The first-order chi connectivity index (χ1) is 12.6. The highest BCUT2D eigenvalue weighted by atomic mass is 35.5. The second-order valence-corrected chi connectivity index (χ2v) is 7.74. The van der Waals surface area contributed by atoms with E-state index in [1.54, 1.807) is 0 Å². The Bertz CT molecular complexity index is 741. The van der Waals surface area contributed by atoms with Gasteiger partial charge in [0.05, 0.1) is 0 Å². The molecule has 2 aliphatic rings. The summed E-state index contributed by atoms with van der Waals surface area (Å²) in [5, 5.41) is 0.730. The van der Waals surface area contributed by atoms with Crippen LogP contribution in [0.2, 0.25) is 5.02 Å². The van der Waals surface area contributed by atoms with Crippen LogP contribution in [-0.2, 0) is 0 Å². The minimum Gasteiger partial charge on any atom is -0.487 e. The number of rotatable bonds is 4. The van der Waals surface area contributed by atoms with E-state index in [0.29, 0.717) is 6.61 Å².